The van der Waals surface area contributed by atoms with Crippen molar-refractivity contribution in [2.45, 2.75) is 19.3 Å². The molecule has 1 aliphatic rings. The molecule has 22 heavy (non-hydrogen) atoms. The molecule has 0 saturated heterocycles. The maximum Gasteiger partial charge on any atom is 0.316 e. The smallest absolute Gasteiger partial charge is 0.316 e. The zero-order valence-electron chi connectivity index (χ0n) is 12.7. The average Bonchev–Trinajstić information content (AvgIpc) is 2.54. The number of nitrogens with one attached hydrogen (secondary N) is 1. The van der Waals surface area contributed by atoms with E-state index in [9.17, 15) is 4.79 Å². The fourth-order valence-electron chi connectivity index (χ4n) is 2.73. The number of hydrogen-bond donors (Lipinski definition) is 1. The number of aryl methyl sites for hydroxylation is 1. The summed E-state index contributed by atoms with van der Waals surface area (Å²) >= 11 is 0. The van der Waals surface area contributed by atoms with Gasteiger partial charge in [0, 0.05) is 36.5 Å². The first-order valence-electron chi connectivity index (χ1n) is 6.96. The second kappa shape index (κ2) is 5.63. The molecular weight excluding hydrogens is 282 g/mol. The number of nitrogens with zero attached hydrogens (tertiary/aromatic N) is 2. The minimum atomic E-state index is -0.0701. The number of amides is 1. The molecule has 0 saturated carbocycles. The molecule has 6 heteroatoms. The Hall–Kier alpha value is -2.63. The van der Waals surface area contributed by atoms with Crippen molar-refractivity contribution >= 4 is 11.6 Å². The molecule has 114 valence electrons. The van der Waals surface area contributed by atoms with E-state index in [-0.39, 0.29) is 11.8 Å². The molecule has 1 aliphatic heterocycles. The van der Waals surface area contributed by atoms with Crippen LogP contribution in [0.4, 0.5) is 5.69 Å². The van der Waals surface area contributed by atoms with Crippen molar-refractivity contribution in [3.05, 3.63) is 41.2 Å². The first-order valence-corrected chi connectivity index (χ1v) is 6.96. The van der Waals surface area contributed by atoms with Gasteiger partial charge in [-0.05, 0) is 29.7 Å². The van der Waals surface area contributed by atoms with Crippen molar-refractivity contribution in [2.24, 2.45) is 0 Å². The van der Waals surface area contributed by atoms with E-state index in [4.69, 9.17) is 9.47 Å². The Balaban J connectivity index is 2.06. The Morgan fingerprint density at radius 1 is 1.18 bits per heavy atom. The SMILES string of the molecule is COc1ncc(C2CC(=O)Nc3cc(OC)c(C)cc32)cn1. The molecule has 0 spiro atoms. The molecule has 1 aromatic heterocycles. The maximum atomic E-state index is 12.0. The van der Waals surface area contributed by atoms with Crippen LogP contribution in [0.3, 0.4) is 0 Å². The van der Waals surface area contributed by atoms with Gasteiger partial charge in [0.25, 0.3) is 0 Å². The van der Waals surface area contributed by atoms with Gasteiger partial charge >= 0.3 is 6.01 Å². The van der Waals surface area contributed by atoms with Crippen LogP contribution in [0.25, 0.3) is 0 Å². The van der Waals surface area contributed by atoms with Crippen LogP contribution in [0.5, 0.6) is 11.8 Å². The summed E-state index contributed by atoms with van der Waals surface area (Å²) in [6.45, 7) is 1.98. The van der Waals surface area contributed by atoms with Gasteiger partial charge in [0.2, 0.25) is 5.91 Å². The molecule has 0 aliphatic carbocycles. The number of hydrogen-bond acceptors (Lipinski definition) is 5. The van der Waals surface area contributed by atoms with Crippen LogP contribution in [0.15, 0.2) is 24.5 Å². The van der Waals surface area contributed by atoms with Crippen LogP contribution < -0.4 is 14.8 Å². The molecule has 6 nitrogen and oxygen atoms in total. The lowest BCUT2D eigenvalue weighted by molar-refractivity contribution is -0.116. The minimum Gasteiger partial charge on any atom is -0.496 e. The predicted molar refractivity (Wildman–Crippen MR) is 81.4 cm³/mol. The molecule has 1 N–H and O–H groups in total. The standard InChI is InChI=1S/C16H17N3O3/c1-9-4-12-11(10-7-17-16(22-3)18-8-10)5-15(20)19-13(12)6-14(9)21-2/h4,6-8,11H,5H2,1-3H3,(H,19,20). The fraction of sp³-hybridized carbons (Fsp3) is 0.312. The molecule has 0 bridgehead atoms. The highest BCUT2D eigenvalue weighted by Crippen LogP contribution is 2.39. The molecule has 2 aromatic rings. The number of carbonyl (C=O) groups is 1. The number of aromatic nitrogens is 2. The third-order valence-corrected chi connectivity index (χ3v) is 3.84. The van der Waals surface area contributed by atoms with E-state index in [1.165, 1.54) is 7.11 Å². The van der Waals surface area contributed by atoms with Crippen LogP contribution >= 0.6 is 0 Å². The largest absolute Gasteiger partial charge is 0.496 e. The Labute approximate surface area is 128 Å². The quantitative estimate of drug-likeness (QED) is 0.941. The lowest BCUT2D eigenvalue weighted by atomic mass is 9.85. The maximum absolute atomic E-state index is 12.0. The number of anilines is 1. The van der Waals surface area contributed by atoms with Crippen LogP contribution in [-0.2, 0) is 4.79 Å². The Kier molecular flexibility index (Phi) is 3.66. The van der Waals surface area contributed by atoms with Gasteiger partial charge in [-0.25, -0.2) is 9.97 Å². The van der Waals surface area contributed by atoms with E-state index in [0.29, 0.717) is 12.4 Å². The molecule has 0 fully saturated rings. The Morgan fingerprint density at radius 2 is 1.91 bits per heavy atom. The highest BCUT2D eigenvalue weighted by molar-refractivity contribution is 5.95. The predicted octanol–water partition coefficient (Wildman–Crippen LogP) is 2.28. The normalized spacial score (nSPS) is 16.7. The van der Waals surface area contributed by atoms with Crippen molar-refractivity contribution in [3.63, 3.8) is 0 Å². The van der Waals surface area contributed by atoms with Crippen molar-refractivity contribution in [1.29, 1.82) is 0 Å². The van der Waals surface area contributed by atoms with Gasteiger partial charge < -0.3 is 14.8 Å². The summed E-state index contributed by atoms with van der Waals surface area (Å²) in [6, 6.07) is 4.22. The molecule has 1 unspecified atom stereocenters. The Morgan fingerprint density at radius 3 is 2.55 bits per heavy atom. The molecule has 1 amide bonds. The van der Waals surface area contributed by atoms with Gasteiger partial charge in [0.15, 0.2) is 0 Å². The van der Waals surface area contributed by atoms with E-state index < -0.39 is 0 Å². The van der Waals surface area contributed by atoms with Crippen molar-refractivity contribution < 1.29 is 14.3 Å². The Bertz CT molecular complexity index is 713. The first kappa shape index (κ1) is 14.3. The monoisotopic (exact) mass is 299 g/mol. The minimum absolute atomic E-state index is 0.0285. The van der Waals surface area contributed by atoms with Crippen molar-refractivity contribution in [1.82, 2.24) is 9.97 Å². The summed E-state index contributed by atoms with van der Waals surface area (Å²) in [7, 11) is 3.14. The van der Waals surface area contributed by atoms with Crippen molar-refractivity contribution in [2.75, 3.05) is 19.5 Å². The van der Waals surface area contributed by atoms with Gasteiger partial charge in [-0.3, -0.25) is 4.79 Å². The number of rotatable bonds is 3. The summed E-state index contributed by atoms with van der Waals surface area (Å²) in [6.07, 6.45) is 3.78. The number of fused-ring (bicyclic) bond motifs is 1. The highest BCUT2D eigenvalue weighted by atomic mass is 16.5. The summed E-state index contributed by atoms with van der Waals surface area (Å²) in [5, 5.41) is 2.90. The summed E-state index contributed by atoms with van der Waals surface area (Å²) in [4.78, 5) is 20.3. The molecule has 2 heterocycles. The lowest BCUT2D eigenvalue weighted by Gasteiger charge is -2.26. The zero-order valence-corrected chi connectivity index (χ0v) is 12.7. The molecule has 0 radical (unpaired) electrons. The highest BCUT2D eigenvalue weighted by Gasteiger charge is 2.28. The second-order valence-corrected chi connectivity index (χ2v) is 5.22. The lowest BCUT2D eigenvalue weighted by Crippen LogP contribution is -2.24. The van der Waals surface area contributed by atoms with Crippen molar-refractivity contribution in [3.8, 4) is 11.8 Å². The second-order valence-electron chi connectivity index (χ2n) is 5.22. The van der Waals surface area contributed by atoms with Gasteiger partial charge in [0.1, 0.15) is 5.75 Å². The average molecular weight is 299 g/mol. The topological polar surface area (TPSA) is 73.3 Å². The van der Waals surface area contributed by atoms with Gasteiger partial charge in [-0.2, -0.15) is 0 Å². The number of ether oxygens (including phenoxy) is 2. The number of benzene rings is 1. The molecule has 1 aromatic carbocycles. The van der Waals surface area contributed by atoms with E-state index in [1.54, 1.807) is 19.5 Å². The molecular formula is C16H17N3O3. The number of methoxy groups -OCH3 is 2. The molecule has 3 rings (SSSR count). The third kappa shape index (κ3) is 2.47. The zero-order chi connectivity index (χ0) is 15.7. The van der Waals surface area contributed by atoms with Crippen LogP contribution in [0, 0.1) is 6.92 Å². The van der Waals surface area contributed by atoms with E-state index in [2.05, 4.69) is 15.3 Å². The van der Waals surface area contributed by atoms with Gasteiger partial charge in [0.05, 0.1) is 14.2 Å². The molecule has 1 atom stereocenters. The summed E-state index contributed by atoms with van der Waals surface area (Å²) < 4.78 is 10.3. The first-order chi connectivity index (χ1) is 10.6. The van der Waals surface area contributed by atoms with E-state index in [0.717, 1.165) is 28.1 Å². The van der Waals surface area contributed by atoms with E-state index >= 15 is 0 Å². The van der Waals surface area contributed by atoms with Crippen LogP contribution in [-0.4, -0.2) is 30.1 Å². The third-order valence-electron chi connectivity index (χ3n) is 3.84. The van der Waals surface area contributed by atoms with Gasteiger partial charge in [-0.1, -0.05) is 0 Å². The summed E-state index contributed by atoms with van der Waals surface area (Å²) in [5.41, 5.74) is 3.74. The van der Waals surface area contributed by atoms with E-state index in [1.807, 2.05) is 19.1 Å². The van der Waals surface area contributed by atoms with Gasteiger partial charge in [-0.15, -0.1) is 0 Å². The van der Waals surface area contributed by atoms with Crippen LogP contribution in [0.1, 0.15) is 29.0 Å². The summed E-state index contributed by atoms with van der Waals surface area (Å²) in [5.74, 6) is 0.657. The van der Waals surface area contributed by atoms with Crippen LogP contribution in [0.2, 0.25) is 0 Å². The fourth-order valence-corrected chi connectivity index (χ4v) is 2.73. The number of carbonyl (C=O) groups excluding carboxylic acids is 1.